The summed E-state index contributed by atoms with van der Waals surface area (Å²) in [5.74, 6) is -0.906. The molecule has 6 heteroatoms. The number of hydrogen-bond donors (Lipinski definition) is 1. The van der Waals surface area contributed by atoms with Crippen molar-refractivity contribution in [3.8, 4) is 0 Å². The van der Waals surface area contributed by atoms with Crippen LogP contribution in [0.25, 0.3) is 0 Å². The molecule has 0 radical (unpaired) electrons. The van der Waals surface area contributed by atoms with Gasteiger partial charge in [-0.2, -0.15) is 0 Å². The minimum atomic E-state index is -3.07. The van der Waals surface area contributed by atoms with Gasteiger partial charge in [-0.1, -0.05) is 12.1 Å². The standard InChI is InChI=1S/C13H15NO4S/c1-9(15)10-3-2-4-12(7-10)14-13(16)11-5-6-19(17,18)8-11/h2-4,7,11H,5-6,8H2,1H3,(H,14,16)/t11-/m0/s1. The molecule has 0 saturated carbocycles. The molecule has 1 aliphatic heterocycles. The topological polar surface area (TPSA) is 80.3 Å². The number of anilines is 1. The van der Waals surface area contributed by atoms with Crippen molar-refractivity contribution in [1.29, 1.82) is 0 Å². The maximum Gasteiger partial charge on any atom is 0.228 e. The average Bonchev–Trinajstić information content (AvgIpc) is 2.70. The van der Waals surface area contributed by atoms with Crippen molar-refractivity contribution in [2.24, 2.45) is 5.92 Å². The first kappa shape index (κ1) is 13.7. The van der Waals surface area contributed by atoms with Crippen molar-refractivity contribution < 1.29 is 18.0 Å². The van der Waals surface area contributed by atoms with Crippen LogP contribution >= 0.6 is 0 Å². The Kier molecular flexibility index (Phi) is 3.71. The minimum absolute atomic E-state index is 0.0680. The van der Waals surface area contributed by atoms with E-state index < -0.39 is 15.8 Å². The SMILES string of the molecule is CC(=O)c1cccc(NC(=O)[C@H]2CCS(=O)(=O)C2)c1. The minimum Gasteiger partial charge on any atom is -0.326 e. The Morgan fingerprint density at radius 1 is 1.32 bits per heavy atom. The zero-order valence-corrected chi connectivity index (χ0v) is 11.4. The number of nitrogens with one attached hydrogen (secondary N) is 1. The zero-order chi connectivity index (χ0) is 14.0. The first-order chi connectivity index (χ1) is 8.87. The number of amides is 1. The Morgan fingerprint density at radius 2 is 2.05 bits per heavy atom. The fraction of sp³-hybridized carbons (Fsp3) is 0.385. The summed E-state index contributed by atoms with van der Waals surface area (Å²) in [6.45, 7) is 1.45. The van der Waals surface area contributed by atoms with E-state index in [0.29, 0.717) is 17.7 Å². The molecule has 1 aromatic carbocycles. The van der Waals surface area contributed by atoms with Crippen LogP contribution in [0.15, 0.2) is 24.3 Å². The molecule has 5 nitrogen and oxygen atoms in total. The van der Waals surface area contributed by atoms with Crippen LogP contribution in [-0.2, 0) is 14.6 Å². The fourth-order valence-electron chi connectivity index (χ4n) is 2.06. The molecule has 1 aliphatic rings. The van der Waals surface area contributed by atoms with Crippen molar-refractivity contribution in [2.75, 3.05) is 16.8 Å². The second-order valence-electron chi connectivity index (χ2n) is 4.73. The van der Waals surface area contributed by atoms with Gasteiger partial charge in [0.1, 0.15) is 0 Å². The summed E-state index contributed by atoms with van der Waals surface area (Å²) in [4.78, 5) is 23.2. The van der Waals surface area contributed by atoms with Gasteiger partial charge in [0.2, 0.25) is 5.91 Å². The maximum absolute atomic E-state index is 11.9. The highest BCUT2D eigenvalue weighted by atomic mass is 32.2. The summed E-state index contributed by atoms with van der Waals surface area (Å²) in [6, 6.07) is 6.60. The Labute approximate surface area is 111 Å². The normalized spacial score (nSPS) is 21.0. The number of carbonyl (C=O) groups excluding carboxylic acids is 2. The molecular weight excluding hydrogens is 266 g/mol. The predicted octanol–water partition coefficient (Wildman–Crippen LogP) is 1.26. The van der Waals surface area contributed by atoms with E-state index in [2.05, 4.69) is 5.32 Å². The number of ketones is 1. The predicted molar refractivity (Wildman–Crippen MR) is 71.8 cm³/mol. The Hall–Kier alpha value is -1.69. The van der Waals surface area contributed by atoms with Crippen LogP contribution in [0.1, 0.15) is 23.7 Å². The number of sulfone groups is 1. The molecule has 0 spiro atoms. The van der Waals surface area contributed by atoms with Gasteiger partial charge in [0.05, 0.1) is 17.4 Å². The molecule has 2 rings (SSSR count). The third-order valence-electron chi connectivity index (χ3n) is 3.14. The lowest BCUT2D eigenvalue weighted by Crippen LogP contribution is -2.23. The summed E-state index contributed by atoms with van der Waals surface area (Å²) >= 11 is 0. The van der Waals surface area contributed by atoms with Crippen LogP contribution < -0.4 is 5.32 Å². The van der Waals surface area contributed by atoms with Gasteiger partial charge in [0, 0.05) is 11.3 Å². The third kappa shape index (κ3) is 3.41. The van der Waals surface area contributed by atoms with Crippen LogP contribution in [0.4, 0.5) is 5.69 Å². The summed E-state index contributed by atoms with van der Waals surface area (Å²) in [5, 5.41) is 2.66. The van der Waals surface area contributed by atoms with Crippen LogP contribution in [0, 0.1) is 5.92 Å². The fourth-order valence-corrected chi connectivity index (χ4v) is 3.80. The first-order valence-electron chi connectivity index (χ1n) is 6.00. The van der Waals surface area contributed by atoms with E-state index in [1.54, 1.807) is 24.3 Å². The van der Waals surface area contributed by atoms with E-state index in [1.807, 2.05) is 0 Å². The molecule has 0 unspecified atom stereocenters. The van der Waals surface area contributed by atoms with Crippen LogP contribution in [-0.4, -0.2) is 31.6 Å². The zero-order valence-electron chi connectivity index (χ0n) is 10.5. The highest BCUT2D eigenvalue weighted by molar-refractivity contribution is 7.91. The van der Waals surface area contributed by atoms with E-state index >= 15 is 0 Å². The van der Waals surface area contributed by atoms with E-state index in [0.717, 1.165) is 0 Å². The summed E-state index contributed by atoms with van der Waals surface area (Å²) in [7, 11) is -3.07. The van der Waals surface area contributed by atoms with E-state index in [9.17, 15) is 18.0 Å². The monoisotopic (exact) mass is 281 g/mol. The maximum atomic E-state index is 11.9. The smallest absolute Gasteiger partial charge is 0.228 e. The van der Waals surface area contributed by atoms with E-state index in [1.165, 1.54) is 6.92 Å². The highest BCUT2D eigenvalue weighted by Gasteiger charge is 2.32. The lowest BCUT2D eigenvalue weighted by molar-refractivity contribution is -0.119. The first-order valence-corrected chi connectivity index (χ1v) is 7.82. The van der Waals surface area contributed by atoms with Gasteiger partial charge >= 0.3 is 0 Å². The van der Waals surface area contributed by atoms with Crippen LogP contribution in [0.3, 0.4) is 0 Å². The van der Waals surface area contributed by atoms with Crippen molar-refractivity contribution in [2.45, 2.75) is 13.3 Å². The van der Waals surface area contributed by atoms with Crippen molar-refractivity contribution in [1.82, 2.24) is 0 Å². The van der Waals surface area contributed by atoms with Gasteiger partial charge in [-0.05, 0) is 25.5 Å². The number of hydrogen-bond acceptors (Lipinski definition) is 4. The van der Waals surface area contributed by atoms with E-state index in [-0.39, 0.29) is 23.2 Å². The van der Waals surface area contributed by atoms with Gasteiger partial charge in [-0.15, -0.1) is 0 Å². The number of carbonyl (C=O) groups is 2. The third-order valence-corrected chi connectivity index (χ3v) is 4.91. The highest BCUT2D eigenvalue weighted by Crippen LogP contribution is 2.20. The molecule has 1 fully saturated rings. The Balaban J connectivity index is 2.07. The second kappa shape index (κ2) is 5.13. The summed E-state index contributed by atoms with van der Waals surface area (Å²) in [5.41, 5.74) is 1.03. The molecule has 1 amide bonds. The van der Waals surface area contributed by atoms with Crippen molar-refractivity contribution in [3.63, 3.8) is 0 Å². The largest absolute Gasteiger partial charge is 0.326 e. The molecule has 1 N–H and O–H groups in total. The average molecular weight is 281 g/mol. The lowest BCUT2D eigenvalue weighted by Gasteiger charge is -2.10. The molecule has 0 aliphatic carbocycles. The molecule has 1 aromatic rings. The summed E-state index contributed by atoms with van der Waals surface area (Å²) < 4.78 is 22.6. The van der Waals surface area contributed by atoms with E-state index in [4.69, 9.17) is 0 Å². The van der Waals surface area contributed by atoms with Gasteiger partial charge < -0.3 is 5.32 Å². The number of benzene rings is 1. The molecule has 1 heterocycles. The summed E-state index contributed by atoms with van der Waals surface area (Å²) in [6.07, 6.45) is 0.362. The number of Topliss-reactive ketones (excluding diaryl/α,β-unsaturated/α-hetero) is 1. The molecule has 1 atom stereocenters. The van der Waals surface area contributed by atoms with Gasteiger partial charge in [-0.3, -0.25) is 9.59 Å². The van der Waals surface area contributed by atoms with Gasteiger partial charge in [0.15, 0.2) is 15.6 Å². The molecule has 1 saturated heterocycles. The van der Waals surface area contributed by atoms with Crippen molar-refractivity contribution >= 4 is 27.2 Å². The van der Waals surface area contributed by atoms with Gasteiger partial charge in [-0.25, -0.2) is 8.42 Å². The lowest BCUT2D eigenvalue weighted by atomic mass is 10.1. The molecular formula is C13H15NO4S. The second-order valence-corrected chi connectivity index (χ2v) is 6.95. The molecule has 0 aromatic heterocycles. The molecule has 102 valence electrons. The number of rotatable bonds is 3. The molecule has 19 heavy (non-hydrogen) atoms. The van der Waals surface area contributed by atoms with Crippen LogP contribution in [0.2, 0.25) is 0 Å². The quantitative estimate of drug-likeness (QED) is 0.846. The van der Waals surface area contributed by atoms with Crippen molar-refractivity contribution in [3.05, 3.63) is 29.8 Å². The Bertz CT molecular complexity index is 621. The van der Waals surface area contributed by atoms with Gasteiger partial charge in [0.25, 0.3) is 0 Å². The Morgan fingerprint density at radius 3 is 2.63 bits per heavy atom. The molecule has 0 bridgehead atoms. The van der Waals surface area contributed by atoms with Crippen LogP contribution in [0.5, 0.6) is 0 Å².